The highest BCUT2D eigenvalue weighted by Gasteiger charge is 2.19. The largest absolute Gasteiger partial charge is 0.394 e. The van der Waals surface area contributed by atoms with Gasteiger partial charge in [-0.25, -0.2) is 12.8 Å². The number of benzene rings is 2. The molecule has 32 heavy (non-hydrogen) atoms. The molecule has 1 heterocycles. The monoisotopic (exact) mass is 460 g/mol. The Labute approximate surface area is 186 Å². The van der Waals surface area contributed by atoms with Crippen LogP contribution in [0.3, 0.4) is 0 Å². The van der Waals surface area contributed by atoms with E-state index in [9.17, 15) is 27.8 Å². The molecule has 0 radical (unpaired) electrons. The summed E-state index contributed by atoms with van der Waals surface area (Å²) in [5.41, 5.74) is 3.56. The summed E-state index contributed by atoms with van der Waals surface area (Å²) in [5.74, 6) is -0.743. The van der Waals surface area contributed by atoms with Crippen molar-refractivity contribution in [2.75, 3.05) is 19.5 Å². The van der Waals surface area contributed by atoms with E-state index in [0.717, 1.165) is 17.5 Å². The lowest BCUT2D eigenvalue weighted by atomic mass is 10.1. The van der Waals surface area contributed by atoms with Gasteiger partial charge in [0.05, 0.1) is 36.3 Å². The Kier molecular flexibility index (Phi) is 7.12. The summed E-state index contributed by atoms with van der Waals surface area (Å²) in [5, 5.41) is 20.9. The molecule has 1 aromatic heterocycles. The molecule has 0 fully saturated rings. The molecule has 2 aromatic carbocycles. The van der Waals surface area contributed by atoms with Gasteiger partial charge in [0.15, 0.2) is 9.84 Å². The first-order valence-electron chi connectivity index (χ1n) is 9.92. The van der Waals surface area contributed by atoms with Crippen LogP contribution in [0.1, 0.15) is 11.3 Å². The van der Waals surface area contributed by atoms with Gasteiger partial charge in [-0.05, 0) is 60.5 Å². The van der Waals surface area contributed by atoms with Gasteiger partial charge in [0.2, 0.25) is 5.91 Å². The Bertz CT molecular complexity index is 1200. The second-order valence-corrected chi connectivity index (χ2v) is 9.57. The molecule has 9 heteroatoms. The Morgan fingerprint density at radius 2 is 1.66 bits per heavy atom. The van der Waals surface area contributed by atoms with E-state index in [-0.39, 0.29) is 36.3 Å². The first-order chi connectivity index (χ1) is 15.1. The molecule has 1 amide bonds. The second-order valence-electron chi connectivity index (χ2n) is 7.55. The zero-order valence-corrected chi connectivity index (χ0v) is 18.6. The number of hydrogen-bond donors (Lipinski definition) is 3. The standard InChI is InChI=1S/C23H25FN2O5S/c1-15-17(12-23(29)25-19(13-27)14-28)11-22(26(15)20-7-5-18(24)6-8-20)16-3-9-21(10-4-16)32(2,30)31/h3-11,19,27-28H,12-14H2,1-2H3,(H,25,29). The van der Waals surface area contributed by atoms with Gasteiger partial charge in [-0.15, -0.1) is 0 Å². The highest BCUT2D eigenvalue weighted by atomic mass is 32.2. The minimum absolute atomic E-state index is 0.00491. The molecule has 0 unspecified atom stereocenters. The SMILES string of the molecule is Cc1c(CC(=O)NC(CO)CO)cc(-c2ccc(S(C)(=O)=O)cc2)n1-c1ccc(F)cc1. The first-order valence-corrected chi connectivity index (χ1v) is 11.8. The summed E-state index contributed by atoms with van der Waals surface area (Å²) in [6.45, 7) is 1.07. The summed E-state index contributed by atoms with van der Waals surface area (Å²) in [6, 6.07) is 13.4. The van der Waals surface area contributed by atoms with Crippen molar-refractivity contribution in [3.8, 4) is 16.9 Å². The van der Waals surface area contributed by atoms with Gasteiger partial charge in [0.1, 0.15) is 5.82 Å². The van der Waals surface area contributed by atoms with Gasteiger partial charge in [-0.3, -0.25) is 4.79 Å². The molecule has 170 valence electrons. The van der Waals surface area contributed by atoms with E-state index in [1.807, 2.05) is 17.6 Å². The number of hydrogen-bond acceptors (Lipinski definition) is 5. The van der Waals surface area contributed by atoms with Gasteiger partial charge in [-0.1, -0.05) is 12.1 Å². The number of aromatic nitrogens is 1. The number of aliphatic hydroxyl groups excluding tert-OH is 2. The molecule has 0 aliphatic heterocycles. The number of nitrogens with zero attached hydrogens (tertiary/aromatic N) is 1. The third-order valence-electron chi connectivity index (χ3n) is 5.17. The van der Waals surface area contributed by atoms with Crippen molar-refractivity contribution < 1.29 is 27.8 Å². The van der Waals surface area contributed by atoms with Crippen LogP contribution in [0.15, 0.2) is 59.5 Å². The number of sulfone groups is 1. The lowest BCUT2D eigenvalue weighted by Crippen LogP contribution is -2.40. The van der Waals surface area contributed by atoms with Crippen LogP contribution in [0.2, 0.25) is 0 Å². The van der Waals surface area contributed by atoms with Gasteiger partial charge < -0.3 is 20.1 Å². The fourth-order valence-electron chi connectivity index (χ4n) is 3.45. The van der Waals surface area contributed by atoms with Crippen molar-refractivity contribution >= 4 is 15.7 Å². The topological polar surface area (TPSA) is 109 Å². The van der Waals surface area contributed by atoms with Crippen LogP contribution in [0.4, 0.5) is 4.39 Å². The molecule has 0 saturated heterocycles. The van der Waals surface area contributed by atoms with Gasteiger partial charge in [0, 0.05) is 17.6 Å². The molecular formula is C23H25FN2O5S. The maximum atomic E-state index is 13.5. The van der Waals surface area contributed by atoms with E-state index in [0.29, 0.717) is 16.9 Å². The second kappa shape index (κ2) is 9.64. The highest BCUT2D eigenvalue weighted by molar-refractivity contribution is 7.90. The molecule has 0 saturated carbocycles. The fraction of sp³-hybridized carbons (Fsp3) is 0.261. The number of halogens is 1. The Morgan fingerprint density at radius 3 is 2.19 bits per heavy atom. The highest BCUT2D eigenvalue weighted by Crippen LogP contribution is 2.30. The smallest absolute Gasteiger partial charge is 0.224 e. The first kappa shape index (κ1) is 23.6. The van der Waals surface area contributed by atoms with Crippen LogP contribution in [-0.4, -0.2) is 54.6 Å². The Balaban J connectivity index is 2.06. The van der Waals surface area contributed by atoms with Crippen molar-refractivity contribution in [2.45, 2.75) is 24.3 Å². The van der Waals surface area contributed by atoms with Crippen molar-refractivity contribution in [3.05, 3.63) is 71.7 Å². The van der Waals surface area contributed by atoms with Crippen LogP contribution in [0.5, 0.6) is 0 Å². The number of nitrogens with one attached hydrogen (secondary N) is 1. The molecule has 0 atom stereocenters. The number of rotatable bonds is 8. The summed E-state index contributed by atoms with van der Waals surface area (Å²) in [7, 11) is -3.35. The van der Waals surface area contributed by atoms with Crippen molar-refractivity contribution in [1.29, 1.82) is 0 Å². The predicted octanol–water partition coefficient (Wildman–Crippen LogP) is 2.01. The lowest BCUT2D eigenvalue weighted by molar-refractivity contribution is -0.121. The minimum Gasteiger partial charge on any atom is -0.394 e. The van der Waals surface area contributed by atoms with E-state index in [1.165, 1.54) is 24.3 Å². The molecule has 7 nitrogen and oxygen atoms in total. The molecule has 0 aliphatic carbocycles. The average molecular weight is 461 g/mol. The number of amides is 1. The quantitative estimate of drug-likeness (QED) is 0.477. The van der Waals surface area contributed by atoms with Crippen LogP contribution < -0.4 is 5.32 Å². The zero-order valence-electron chi connectivity index (χ0n) is 17.7. The lowest BCUT2D eigenvalue weighted by Gasteiger charge is -2.14. The number of carbonyl (C=O) groups excluding carboxylic acids is 1. The molecule has 3 rings (SSSR count). The predicted molar refractivity (Wildman–Crippen MR) is 119 cm³/mol. The van der Waals surface area contributed by atoms with E-state index < -0.39 is 15.9 Å². The minimum atomic E-state index is -3.35. The van der Waals surface area contributed by atoms with Gasteiger partial charge >= 0.3 is 0 Å². The maximum absolute atomic E-state index is 13.5. The molecular weight excluding hydrogens is 435 g/mol. The van der Waals surface area contributed by atoms with E-state index in [1.54, 1.807) is 24.3 Å². The molecule has 0 spiro atoms. The van der Waals surface area contributed by atoms with Crippen molar-refractivity contribution in [1.82, 2.24) is 9.88 Å². The number of carbonyl (C=O) groups is 1. The fourth-order valence-corrected chi connectivity index (χ4v) is 4.08. The van der Waals surface area contributed by atoms with Gasteiger partial charge in [0.25, 0.3) is 0 Å². The van der Waals surface area contributed by atoms with Crippen molar-refractivity contribution in [2.24, 2.45) is 0 Å². The molecule has 3 N–H and O–H groups in total. The third kappa shape index (κ3) is 5.24. The Morgan fingerprint density at radius 1 is 1.06 bits per heavy atom. The number of aliphatic hydroxyl groups is 2. The summed E-state index contributed by atoms with van der Waals surface area (Å²) in [6.07, 6.45) is 1.14. The zero-order chi connectivity index (χ0) is 23.5. The third-order valence-corrected chi connectivity index (χ3v) is 6.30. The van der Waals surface area contributed by atoms with Gasteiger partial charge in [-0.2, -0.15) is 0 Å². The molecule has 3 aromatic rings. The van der Waals surface area contributed by atoms with Crippen LogP contribution in [-0.2, 0) is 21.1 Å². The van der Waals surface area contributed by atoms with E-state index in [4.69, 9.17) is 0 Å². The average Bonchev–Trinajstić information content (AvgIpc) is 3.08. The van der Waals surface area contributed by atoms with Crippen molar-refractivity contribution in [3.63, 3.8) is 0 Å². The normalized spacial score (nSPS) is 11.7. The Hall–Kier alpha value is -3.01. The van der Waals surface area contributed by atoms with E-state index >= 15 is 0 Å². The van der Waals surface area contributed by atoms with E-state index in [2.05, 4.69) is 5.32 Å². The van der Waals surface area contributed by atoms with Crippen LogP contribution in [0.25, 0.3) is 16.9 Å². The summed E-state index contributed by atoms with van der Waals surface area (Å²) in [4.78, 5) is 12.6. The van der Waals surface area contributed by atoms with Crippen LogP contribution >= 0.6 is 0 Å². The van der Waals surface area contributed by atoms with Crippen LogP contribution in [0, 0.1) is 12.7 Å². The maximum Gasteiger partial charge on any atom is 0.224 e. The molecule has 0 aliphatic rings. The summed E-state index contributed by atoms with van der Waals surface area (Å²) < 4.78 is 39.0. The summed E-state index contributed by atoms with van der Waals surface area (Å²) >= 11 is 0. The molecule has 0 bridgehead atoms.